The van der Waals surface area contributed by atoms with Crippen molar-refractivity contribution in [2.75, 3.05) is 20.0 Å². The van der Waals surface area contributed by atoms with Crippen LogP contribution in [-0.2, 0) is 16.1 Å². The third-order valence-corrected chi connectivity index (χ3v) is 10.6. The van der Waals surface area contributed by atoms with E-state index in [1.165, 1.54) is 11.3 Å². The van der Waals surface area contributed by atoms with Crippen LogP contribution in [0.3, 0.4) is 0 Å². The normalized spacial score (nSPS) is 14.4. The summed E-state index contributed by atoms with van der Waals surface area (Å²) in [6.07, 6.45) is 3.82. The number of esters is 1. The summed E-state index contributed by atoms with van der Waals surface area (Å²) < 4.78 is 20.3. The van der Waals surface area contributed by atoms with Crippen molar-refractivity contribution in [3.8, 4) is 11.5 Å². The van der Waals surface area contributed by atoms with E-state index < -0.39 is 12.0 Å². The first-order chi connectivity index (χ1) is 23.3. The van der Waals surface area contributed by atoms with Gasteiger partial charge in [0.15, 0.2) is 16.3 Å². The van der Waals surface area contributed by atoms with Crippen LogP contribution in [0.4, 0.5) is 0 Å². The van der Waals surface area contributed by atoms with Gasteiger partial charge in [-0.1, -0.05) is 83.6 Å². The second-order valence-electron chi connectivity index (χ2n) is 10.6. The van der Waals surface area contributed by atoms with E-state index in [4.69, 9.17) is 30.8 Å². The Balaban J connectivity index is 1.50. The zero-order valence-electron chi connectivity index (χ0n) is 26.2. The van der Waals surface area contributed by atoms with Crippen LogP contribution in [0, 0.1) is 3.57 Å². The highest BCUT2D eigenvalue weighted by atomic mass is 127. The molecule has 0 bridgehead atoms. The SMILES string of the molecule is CCOC(=O)C1=C(c2ccccc2)N=c2s/c(=C\c3cc(I)c(OCc4ccccc4Cl)c(OC)c3)c(=O)n2[C@H]1c1ccc(SC)cc1. The molecule has 0 aliphatic carbocycles. The predicted octanol–water partition coefficient (Wildman–Crippen LogP) is 7.50. The summed E-state index contributed by atoms with van der Waals surface area (Å²) in [4.78, 5) is 34.5. The van der Waals surface area contributed by atoms with Crippen LogP contribution in [0.5, 0.6) is 11.5 Å². The number of carbonyl (C=O) groups is 1. The van der Waals surface area contributed by atoms with Gasteiger partial charge in [0.25, 0.3) is 5.56 Å². The van der Waals surface area contributed by atoms with E-state index in [0.29, 0.717) is 37.1 Å². The lowest BCUT2D eigenvalue weighted by Gasteiger charge is -2.26. The standard InChI is InChI=1S/C37H30ClIN2O5S2/c1-4-45-36(43)31-32(23-10-6-5-7-11-23)40-37-41(33(31)24-14-16-26(47-3)17-15-24)35(42)30(48-37)20-22-18-28(39)34(29(19-22)44-2)46-21-25-12-8-9-13-27(25)38/h5-20,33H,4,21H2,1-3H3/b30-20-/t33-/m0/s1. The van der Waals surface area contributed by atoms with Crippen LogP contribution in [0.25, 0.3) is 11.8 Å². The summed E-state index contributed by atoms with van der Waals surface area (Å²) in [5.74, 6) is 0.590. The monoisotopic (exact) mass is 808 g/mol. The lowest BCUT2D eigenvalue weighted by Crippen LogP contribution is -2.40. The minimum absolute atomic E-state index is 0.186. The molecule has 1 atom stereocenters. The first kappa shape index (κ1) is 34.0. The third kappa shape index (κ3) is 6.98. The Morgan fingerprint density at radius 3 is 2.48 bits per heavy atom. The molecule has 1 aromatic heterocycles. The van der Waals surface area contributed by atoms with E-state index >= 15 is 0 Å². The molecule has 0 amide bonds. The summed E-state index contributed by atoms with van der Waals surface area (Å²) in [6.45, 7) is 2.22. The van der Waals surface area contributed by atoms with Crippen molar-refractivity contribution < 1.29 is 19.0 Å². The number of halogens is 2. The van der Waals surface area contributed by atoms with Gasteiger partial charge < -0.3 is 14.2 Å². The lowest BCUT2D eigenvalue weighted by atomic mass is 9.93. The first-order valence-corrected chi connectivity index (χ1v) is 18.5. The highest BCUT2D eigenvalue weighted by Gasteiger charge is 2.35. The number of nitrogens with zero attached hydrogens (tertiary/aromatic N) is 2. The summed E-state index contributed by atoms with van der Waals surface area (Å²) in [5.41, 5.74) is 3.68. The molecule has 0 spiro atoms. The van der Waals surface area contributed by atoms with E-state index in [0.717, 1.165) is 30.7 Å². The predicted molar refractivity (Wildman–Crippen MR) is 201 cm³/mol. The lowest BCUT2D eigenvalue weighted by molar-refractivity contribution is -0.138. The minimum Gasteiger partial charge on any atom is -0.493 e. The number of thioether (sulfide) groups is 1. The molecule has 6 rings (SSSR count). The van der Waals surface area contributed by atoms with Crippen LogP contribution in [-0.4, -0.2) is 30.5 Å². The average Bonchev–Trinajstić information content (AvgIpc) is 3.41. The van der Waals surface area contributed by atoms with Crippen molar-refractivity contribution in [3.63, 3.8) is 0 Å². The van der Waals surface area contributed by atoms with E-state index in [-0.39, 0.29) is 18.8 Å². The van der Waals surface area contributed by atoms with E-state index in [1.54, 1.807) is 30.4 Å². The highest BCUT2D eigenvalue weighted by molar-refractivity contribution is 14.1. The van der Waals surface area contributed by atoms with Gasteiger partial charge >= 0.3 is 5.97 Å². The van der Waals surface area contributed by atoms with Crippen LogP contribution >= 0.6 is 57.3 Å². The van der Waals surface area contributed by atoms with E-state index in [9.17, 15) is 9.59 Å². The Kier molecular flexibility index (Phi) is 10.7. The maximum absolute atomic E-state index is 14.3. The van der Waals surface area contributed by atoms with Gasteiger partial charge in [0, 0.05) is 21.0 Å². The van der Waals surface area contributed by atoms with Crippen LogP contribution in [0.1, 0.15) is 35.2 Å². The Hall–Kier alpha value is -3.84. The summed E-state index contributed by atoms with van der Waals surface area (Å²) in [7, 11) is 1.58. The van der Waals surface area contributed by atoms with Crippen molar-refractivity contribution in [3.05, 3.63) is 147 Å². The van der Waals surface area contributed by atoms with Gasteiger partial charge in [0.05, 0.1) is 39.1 Å². The largest absolute Gasteiger partial charge is 0.493 e. The maximum Gasteiger partial charge on any atom is 0.338 e. The fourth-order valence-electron chi connectivity index (χ4n) is 5.42. The number of fused-ring (bicyclic) bond motifs is 1. The van der Waals surface area contributed by atoms with Gasteiger partial charge in [-0.05, 0) is 83.3 Å². The topological polar surface area (TPSA) is 79.1 Å². The number of thiazole rings is 1. The van der Waals surface area contributed by atoms with Crippen LogP contribution < -0.4 is 24.4 Å². The van der Waals surface area contributed by atoms with Gasteiger partial charge in [-0.2, -0.15) is 0 Å². The quantitative estimate of drug-likeness (QED) is 0.0827. The molecule has 48 heavy (non-hydrogen) atoms. The second-order valence-corrected chi connectivity index (χ2v) is 14.1. The molecule has 0 fully saturated rings. The van der Waals surface area contributed by atoms with Crippen molar-refractivity contribution in [1.29, 1.82) is 0 Å². The Morgan fingerprint density at radius 1 is 1.06 bits per heavy atom. The molecule has 244 valence electrons. The molecule has 11 heteroatoms. The van der Waals surface area contributed by atoms with Crippen molar-refractivity contribution >= 4 is 75.0 Å². The molecule has 0 N–H and O–H groups in total. The van der Waals surface area contributed by atoms with Crippen LogP contribution in [0.2, 0.25) is 5.02 Å². The number of hydrogen-bond acceptors (Lipinski definition) is 8. The number of methoxy groups -OCH3 is 1. The van der Waals surface area contributed by atoms with Gasteiger partial charge in [-0.15, -0.1) is 11.8 Å². The average molecular weight is 809 g/mol. The number of ether oxygens (including phenoxy) is 3. The number of hydrogen-bond donors (Lipinski definition) is 0. The van der Waals surface area contributed by atoms with Gasteiger partial charge in [-0.25, -0.2) is 9.79 Å². The number of benzene rings is 4. The number of aromatic nitrogens is 1. The Bertz CT molecular complexity index is 2200. The smallest absolute Gasteiger partial charge is 0.338 e. The van der Waals surface area contributed by atoms with Crippen molar-refractivity contribution in [2.24, 2.45) is 4.99 Å². The molecule has 5 aromatic rings. The summed E-state index contributed by atoms with van der Waals surface area (Å²) in [6, 6.07) is 27.9. The van der Waals surface area contributed by atoms with Gasteiger partial charge in [0.1, 0.15) is 6.61 Å². The Labute approximate surface area is 304 Å². The van der Waals surface area contributed by atoms with E-state index in [1.807, 2.05) is 103 Å². The number of rotatable bonds is 10. The highest BCUT2D eigenvalue weighted by Crippen LogP contribution is 2.37. The second kappa shape index (κ2) is 15.1. The summed E-state index contributed by atoms with van der Waals surface area (Å²) >= 11 is 11.4. The zero-order valence-corrected chi connectivity index (χ0v) is 30.8. The molecule has 0 unspecified atom stereocenters. The molecule has 7 nitrogen and oxygen atoms in total. The molecule has 2 heterocycles. The van der Waals surface area contributed by atoms with Gasteiger partial charge in [0.2, 0.25) is 0 Å². The molecular weight excluding hydrogens is 779 g/mol. The molecular formula is C37H30ClIN2O5S2. The molecule has 4 aromatic carbocycles. The first-order valence-electron chi connectivity index (χ1n) is 15.0. The van der Waals surface area contributed by atoms with Gasteiger partial charge in [-0.3, -0.25) is 9.36 Å². The fraction of sp³-hybridized carbons (Fsp3) is 0.162. The molecule has 0 radical (unpaired) electrons. The van der Waals surface area contributed by atoms with Crippen LogP contribution in [0.15, 0.2) is 111 Å². The minimum atomic E-state index is -0.746. The Morgan fingerprint density at radius 2 is 1.79 bits per heavy atom. The zero-order chi connectivity index (χ0) is 33.8. The maximum atomic E-state index is 14.3. The van der Waals surface area contributed by atoms with E-state index in [2.05, 4.69) is 22.6 Å². The summed E-state index contributed by atoms with van der Waals surface area (Å²) in [5, 5.41) is 0.624. The molecule has 1 aliphatic heterocycles. The number of carbonyl (C=O) groups excluding carboxylic acids is 1. The molecule has 1 aliphatic rings. The fourth-order valence-corrected chi connectivity index (χ4v) is 7.80. The van der Waals surface area contributed by atoms with Crippen molar-refractivity contribution in [2.45, 2.75) is 24.5 Å². The van der Waals surface area contributed by atoms with Crippen molar-refractivity contribution in [1.82, 2.24) is 4.57 Å². The molecule has 0 saturated heterocycles. The molecule has 0 saturated carbocycles. The third-order valence-electron chi connectivity index (χ3n) is 7.68.